The van der Waals surface area contributed by atoms with Gasteiger partial charge in [-0.25, -0.2) is 4.98 Å². The molecule has 0 radical (unpaired) electrons. The van der Waals surface area contributed by atoms with Crippen LogP contribution in [0.1, 0.15) is 24.6 Å². The summed E-state index contributed by atoms with van der Waals surface area (Å²) < 4.78 is 0. The lowest BCUT2D eigenvalue weighted by Gasteiger charge is -2.19. The van der Waals surface area contributed by atoms with Crippen molar-refractivity contribution in [2.75, 3.05) is 17.7 Å². The molecule has 0 bridgehead atoms. The second kappa shape index (κ2) is 5.74. The molecule has 2 N–H and O–H groups in total. The average Bonchev–Trinajstić information content (AvgIpc) is 2.42. The maximum absolute atomic E-state index is 5.80. The van der Waals surface area contributed by atoms with E-state index in [0.29, 0.717) is 0 Å². The maximum atomic E-state index is 5.80. The number of benzene rings is 1. The Balaban J connectivity index is 2.22. The molecule has 100 valence electrons. The molecule has 0 saturated heterocycles. The molecule has 19 heavy (non-hydrogen) atoms. The van der Waals surface area contributed by atoms with Gasteiger partial charge in [0, 0.05) is 12.7 Å². The number of nitrogen functional groups attached to an aromatic ring is 1. The second-order valence-corrected chi connectivity index (χ2v) is 4.82. The third kappa shape index (κ3) is 3.05. The number of aryl methyl sites for hydroxylation is 2. The summed E-state index contributed by atoms with van der Waals surface area (Å²) in [5, 5.41) is 0. The zero-order chi connectivity index (χ0) is 13.8. The molecule has 0 unspecified atom stereocenters. The lowest BCUT2D eigenvalue weighted by molar-refractivity contribution is 0.921. The highest BCUT2D eigenvalue weighted by Gasteiger charge is 2.06. The molecule has 0 aliphatic rings. The highest BCUT2D eigenvalue weighted by molar-refractivity contribution is 5.61. The van der Waals surface area contributed by atoms with E-state index in [1.807, 2.05) is 26.1 Å². The van der Waals surface area contributed by atoms with E-state index in [9.17, 15) is 0 Å². The quantitative estimate of drug-likeness (QED) is 0.906. The summed E-state index contributed by atoms with van der Waals surface area (Å²) in [6.07, 6.45) is 2.30. The molecule has 0 fully saturated rings. The molecule has 2 aromatic rings. The number of hydrogen-bond donors (Lipinski definition) is 1. The Bertz CT molecular complexity index is 546. The molecule has 0 saturated carbocycles. The number of rotatable bonds is 4. The smallest absolute Gasteiger partial charge is 0.133 e. The van der Waals surface area contributed by atoms with Crippen molar-refractivity contribution in [3.8, 4) is 0 Å². The van der Waals surface area contributed by atoms with E-state index in [1.165, 1.54) is 12.0 Å². The standard InChI is InChI=1S/C16H21N3/c1-4-5-13-6-8-14(9-7-13)19(3)16-11-10-15(17)12(2)18-16/h6-11H,4-5,17H2,1-3H3. The van der Waals surface area contributed by atoms with Gasteiger partial charge in [-0.3, -0.25) is 0 Å². The van der Waals surface area contributed by atoms with Crippen LogP contribution in [0.5, 0.6) is 0 Å². The van der Waals surface area contributed by atoms with Crippen molar-refractivity contribution >= 4 is 17.2 Å². The fraction of sp³-hybridized carbons (Fsp3) is 0.312. The molecule has 3 heteroatoms. The number of nitrogens with zero attached hydrogens (tertiary/aromatic N) is 2. The monoisotopic (exact) mass is 255 g/mol. The summed E-state index contributed by atoms with van der Waals surface area (Å²) >= 11 is 0. The first-order chi connectivity index (χ1) is 9.11. The predicted octanol–water partition coefficient (Wildman–Crippen LogP) is 3.69. The molecule has 0 amide bonds. The van der Waals surface area contributed by atoms with E-state index < -0.39 is 0 Å². The highest BCUT2D eigenvalue weighted by Crippen LogP contribution is 2.24. The number of pyridine rings is 1. The Labute approximate surface area is 115 Å². The van der Waals surface area contributed by atoms with Crippen molar-refractivity contribution in [2.24, 2.45) is 0 Å². The lowest BCUT2D eigenvalue weighted by atomic mass is 10.1. The van der Waals surface area contributed by atoms with Gasteiger partial charge in [0.15, 0.2) is 0 Å². The van der Waals surface area contributed by atoms with E-state index in [2.05, 4.69) is 41.1 Å². The van der Waals surface area contributed by atoms with Crippen molar-refractivity contribution < 1.29 is 0 Å². The van der Waals surface area contributed by atoms with Gasteiger partial charge in [0.1, 0.15) is 5.82 Å². The fourth-order valence-electron chi connectivity index (χ4n) is 2.05. The topological polar surface area (TPSA) is 42.1 Å². The van der Waals surface area contributed by atoms with Gasteiger partial charge in [-0.2, -0.15) is 0 Å². The highest BCUT2D eigenvalue weighted by atomic mass is 15.2. The zero-order valence-electron chi connectivity index (χ0n) is 11.9. The Morgan fingerprint density at radius 2 is 1.79 bits per heavy atom. The second-order valence-electron chi connectivity index (χ2n) is 4.82. The van der Waals surface area contributed by atoms with Gasteiger partial charge >= 0.3 is 0 Å². The minimum absolute atomic E-state index is 0.732. The minimum Gasteiger partial charge on any atom is -0.397 e. The molecule has 0 atom stereocenters. The van der Waals surface area contributed by atoms with E-state index in [0.717, 1.165) is 29.3 Å². The van der Waals surface area contributed by atoms with Crippen LogP contribution in [-0.4, -0.2) is 12.0 Å². The molecular formula is C16H21N3. The predicted molar refractivity (Wildman–Crippen MR) is 81.9 cm³/mol. The third-order valence-electron chi connectivity index (χ3n) is 3.32. The molecule has 1 aromatic carbocycles. The van der Waals surface area contributed by atoms with E-state index >= 15 is 0 Å². The average molecular weight is 255 g/mol. The number of aromatic nitrogens is 1. The Morgan fingerprint density at radius 3 is 2.37 bits per heavy atom. The van der Waals surface area contributed by atoms with Crippen LogP contribution in [0.2, 0.25) is 0 Å². The molecule has 0 aliphatic carbocycles. The third-order valence-corrected chi connectivity index (χ3v) is 3.32. The van der Waals surface area contributed by atoms with Crippen molar-refractivity contribution in [1.82, 2.24) is 4.98 Å². The molecule has 1 heterocycles. The largest absolute Gasteiger partial charge is 0.397 e. The van der Waals surface area contributed by atoms with Gasteiger partial charge in [0.25, 0.3) is 0 Å². The van der Waals surface area contributed by atoms with Crippen LogP contribution in [0.15, 0.2) is 36.4 Å². The SMILES string of the molecule is CCCc1ccc(N(C)c2ccc(N)c(C)n2)cc1. The molecule has 1 aromatic heterocycles. The van der Waals surface area contributed by atoms with Crippen molar-refractivity contribution in [2.45, 2.75) is 26.7 Å². The summed E-state index contributed by atoms with van der Waals surface area (Å²) in [6.45, 7) is 4.12. The summed E-state index contributed by atoms with van der Waals surface area (Å²) in [6, 6.07) is 12.5. The number of hydrogen-bond acceptors (Lipinski definition) is 3. The van der Waals surface area contributed by atoms with Gasteiger partial charge in [-0.1, -0.05) is 25.5 Å². The zero-order valence-corrected chi connectivity index (χ0v) is 11.9. The van der Waals surface area contributed by atoms with Gasteiger partial charge in [-0.05, 0) is 43.2 Å². The fourth-order valence-corrected chi connectivity index (χ4v) is 2.05. The van der Waals surface area contributed by atoms with Crippen molar-refractivity contribution in [3.05, 3.63) is 47.7 Å². The summed E-state index contributed by atoms with van der Waals surface area (Å²) in [5.74, 6) is 0.912. The molecule has 2 rings (SSSR count). The Morgan fingerprint density at radius 1 is 1.11 bits per heavy atom. The maximum Gasteiger partial charge on any atom is 0.133 e. The number of nitrogens with two attached hydrogens (primary N) is 1. The summed E-state index contributed by atoms with van der Waals surface area (Å²) in [4.78, 5) is 6.58. The van der Waals surface area contributed by atoms with Gasteiger partial charge in [0.2, 0.25) is 0 Å². The Kier molecular flexibility index (Phi) is 4.05. The van der Waals surface area contributed by atoms with Gasteiger partial charge in [0.05, 0.1) is 11.4 Å². The van der Waals surface area contributed by atoms with Crippen LogP contribution >= 0.6 is 0 Å². The minimum atomic E-state index is 0.732. The normalized spacial score (nSPS) is 10.5. The first-order valence-electron chi connectivity index (χ1n) is 6.67. The molecule has 0 spiro atoms. The lowest BCUT2D eigenvalue weighted by Crippen LogP contribution is -2.12. The number of anilines is 3. The first kappa shape index (κ1) is 13.4. The van der Waals surface area contributed by atoms with Crippen molar-refractivity contribution in [3.63, 3.8) is 0 Å². The van der Waals surface area contributed by atoms with Crippen LogP contribution in [0.25, 0.3) is 0 Å². The van der Waals surface area contributed by atoms with Crippen LogP contribution < -0.4 is 10.6 Å². The molecule has 0 aliphatic heterocycles. The van der Waals surface area contributed by atoms with Crippen molar-refractivity contribution in [1.29, 1.82) is 0 Å². The van der Waals surface area contributed by atoms with Crippen LogP contribution in [0.3, 0.4) is 0 Å². The van der Waals surface area contributed by atoms with E-state index in [-0.39, 0.29) is 0 Å². The van der Waals surface area contributed by atoms with Gasteiger partial charge < -0.3 is 10.6 Å². The Hall–Kier alpha value is -2.03. The van der Waals surface area contributed by atoms with Crippen LogP contribution in [0, 0.1) is 6.92 Å². The van der Waals surface area contributed by atoms with E-state index in [1.54, 1.807) is 0 Å². The summed E-state index contributed by atoms with van der Waals surface area (Å²) in [7, 11) is 2.02. The van der Waals surface area contributed by atoms with E-state index in [4.69, 9.17) is 5.73 Å². The van der Waals surface area contributed by atoms with Gasteiger partial charge in [-0.15, -0.1) is 0 Å². The summed E-state index contributed by atoms with van der Waals surface area (Å²) in [5.41, 5.74) is 9.91. The van der Waals surface area contributed by atoms with Crippen LogP contribution in [0.4, 0.5) is 17.2 Å². The molecular weight excluding hydrogens is 234 g/mol. The first-order valence-corrected chi connectivity index (χ1v) is 6.67. The molecule has 3 nitrogen and oxygen atoms in total. The van der Waals surface area contributed by atoms with Crippen LogP contribution in [-0.2, 0) is 6.42 Å².